The molecule has 0 aliphatic carbocycles. The third kappa shape index (κ3) is 6.46. The van der Waals surface area contributed by atoms with E-state index in [1.54, 1.807) is 0 Å². The van der Waals surface area contributed by atoms with Crippen LogP contribution in [-0.2, 0) is 9.53 Å². The van der Waals surface area contributed by atoms with Crippen LogP contribution < -0.4 is 0 Å². The number of carbonyl (C=O) groups is 1. The standard InChI is InChI=1S/C25H28O2/c1-4-5-6-10-13-22(19-16-21-11-8-7-9-12-21)24(25(26)27-3)23-17-14-20(2)15-18-23/h7-9,11-12,14-15,17-18H,4-6,10,13H2,1-3H3/b24-22+. The number of carbonyl (C=O) groups excluding carboxylic acids is 1. The van der Waals surface area contributed by atoms with Gasteiger partial charge in [-0.2, -0.15) is 0 Å². The lowest BCUT2D eigenvalue weighted by molar-refractivity contribution is -0.133. The number of ether oxygens (including phenoxy) is 1. The first-order chi connectivity index (χ1) is 13.2. The molecule has 0 N–H and O–H groups in total. The maximum atomic E-state index is 12.6. The lowest BCUT2D eigenvalue weighted by Gasteiger charge is -2.11. The lowest BCUT2D eigenvalue weighted by Crippen LogP contribution is -2.07. The molecule has 0 aromatic heterocycles. The van der Waals surface area contributed by atoms with Crippen molar-refractivity contribution in [2.45, 2.75) is 46.0 Å². The van der Waals surface area contributed by atoms with E-state index in [4.69, 9.17) is 4.74 Å². The highest BCUT2D eigenvalue weighted by Gasteiger charge is 2.17. The Morgan fingerprint density at radius 3 is 2.30 bits per heavy atom. The maximum Gasteiger partial charge on any atom is 0.339 e. The number of esters is 1. The van der Waals surface area contributed by atoms with Crippen LogP contribution in [0.5, 0.6) is 0 Å². The first kappa shape index (κ1) is 20.5. The van der Waals surface area contributed by atoms with Crippen LogP contribution in [0.3, 0.4) is 0 Å². The molecule has 0 heterocycles. The third-order valence-electron chi connectivity index (χ3n) is 4.44. The molecule has 27 heavy (non-hydrogen) atoms. The van der Waals surface area contributed by atoms with Gasteiger partial charge in [-0.1, -0.05) is 86.1 Å². The predicted molar refractivity (Wildman–Crippen MR) is 112 cm³/mol. The highest BCUT2D eigenvalue weighted by Crippen LogP contribution is 2.25. The summed E-state index contributed by atoms with van der Waals surface area (Å²) in [5, 5.41) is 0. The highest BCUT2D eigenvalue weighted by molar-refractivity contribution is 6.18. The van der Waals surface area contributed by atoms with Crippen LogP contribution in [0.1, 0.15) is 55.7 Å². The van der Waals surface area contributed by atoms with E-state index in [2.05, 4.69) is 18.8 Å². The molecule has 2 aromatic carbocycles. The summed E-state index contributed by atoms with van der Waals surface area (Å²) in [6.45, 7) is 4.23. The van der Waals surface area contributed by atoms with Crippen molar-refractivity contribution in [3.8, 4) is 11.8 Å². The van der Waals surface area contributed by atoms with E-state index >= 15 is 0 Å². The van der Waals surface area contributed by atoms with E-state index in [1.165, 1.54) is 20.0 Å². The summed E-state index contributed by atoms with van der Waals surface area (Å²) in [4.78, 5) is 12.6. The van der Waals surface area contributed by atoms with Gasteiger partial charge >= 0.3 is 5.97 Å². The number of allylic oxidation sites excluding steroid dienone is 1. The zero-order valence-electron chi connectivity index (χ0n) is 16.5. The van der Waals surface area contributed by atoms with Crippen molar-refractivity contribution >= 4 is 11.5 Å². The molecular weight excluding hydrogens is 332 g/mol. The van der Waals surface area contributed by atoms with Gasteiger partial charge in [-0.05, 0) is 37.5 Å². The molecule has 2 nitrogen and oxygen atoms in total. The Kier molecular flexibility index (Phi) is 8.39. The minimum Gasteiger partial charge on any atom is -0.465 e. The SMILES string of the molecule is CCCCCC/C(C#Cc1ccccc1)=C(\C(=O)OC)c1ccc(C)cc1. The first-order valence-corrected chi connectivity index (χ1v) is 9.61. The number of hydrogen-bond donors (Lipinski definition) is 0. The Morgan fingerprint density at radius 1 is 0.963 bits per heavy atom. The molecule has 140 valence electrons. The summed E-state index contributed by atoms with van der Waals surface area (Å²) in [5.41, 5.74) is 4.39. The molecule has 0 fully saturated rings. The summed E-state index contributed by atoms with van der Waals surface area (Å²) >= 11 is 0. The van der Waals surface area contributed by atoms with E-state index in [0.29, 0.717) is 5.57 Å². The van der Waals surface area contributed by atoms with Crippen LogP contribution in [0.15, 0.2) is 60.2 Å². The Morgan fingerprint density at radius 2 is 1.67 bits per heavy atom. The van der Waals surface area contributed by atoms with Crippen molar-refractivity contribution in [3.05, 3.63) is 76.9 Å². The van der Waals surface area contributed by atoms with Crippen LogP contribution in [0.25, 0.3) is 5.57 Å². The van der Waals surface area contributed by atoms with Gasteiger partial charge in [0.05, 0.1) is 12.7 Å². The topological polar surface area (TPSA) is 26.3 Å². The van der Waals surface area contributed by atoms with Crippen molar-refractivity contribution in [1.29, 1.82) is 0 Å². The molecule has 2 heteroatoms. The molecule has 2 rings (SSSR count). The number of hydrogen-bond acceptors (Lipinski definition) is 2. The second kappa shape index (κ2) is 11.0. The fourth-order valence-corrected chi connectivity index (χ4v) is 2.89. The lowest BCUT2D eigenvalue weighted by atomic mass is 9.95. The Labute approximate surface area is 163 Å². The molecular formula is C25H28O2. The van der Waals surface area contributed by atoms with Crippen LogP contribution in [-0.4, -0.2) is 13.1 Å². The quantitative estimate of drug-likeness (QED) is 0.264. The Balaban J connectivity index is 2.47. The first-order valence-electron chi connectivity index (χ1n) is 9.61. The number of aryl methyl sites for hydroxylation is 1. The molecule has 0 saturated heterocycles. The van der Waals surface area contributed by atoms with Crippen LogP contribution >= 0.6 is 0 Å². The van der Waals surface area contributed by atoms with Crippen LogP contribution in [0.2, 0.25) is 0 Å². The summed E-state index contributed by atoms with van der Waals surface area (Å²) in [7, 11) is 1.43. The smallest absolute Gasteiger partial charge is 0.339 e. The minimum atomic E-state index is -0.327. The van der Waals surface area contributed by atoms with Gasteiger partial charge < -0.3 is 4.74 Å². The van der Waals surface area contributed by atoms with Crippen molar-refractivity contribution in [2.24, 2.45) is 0 Å². The molecule has 0 radical (unpaired) electrons. The van der Waals surface area contributed by atoms with E-state index in [1.807, 2.05) is 61.5 Å². The molecule has 0 amide bonds. The fourth-order valence-electron chi connectivity index (χ4n) is 2.89. The number of benzene rings is 2. The third-order valence-corrected chi connectivity index (χ3v) is 4.44. The van der Waals surface area contributed by atoms with Crippen LogP contribution in [0, 0.1) is 18.8 Å². The number of methoxy groups -OCH3 is 1. The Hall–Kier alpha value is -2.79. The maximum absolute atomic E-state index is 12.6. The van der Waals surface area contributed by atoms with Crippen molar-refractivity contribution in [1.82, 2.24) is 0 Å². The highest BCUT2D eigenvalue weighted by atomic mass is 16.5. The summed E-state index contributed by atoms with van der Waals surface area (Å²) in [6, 6.07) is 17.8. The molecule has 0 unspecified atom stereocenters. The van der Waals surface area contributed by atoms with Gasteiger partial charge in [0, 0.05) is 11.1 Å². The molecule has 0 atom stereocenters. The van der Waals surface area contributed by atoms with E-state index in [9.17, 15) is 4.79 Å². The van der Waals surface area contributed by atoms with Gasteiger partial charge in [0.25, 0.3) is 0 Å². The average molecular weight is 360 g/mol. The van der Waals surface area contributed by atoms with E-state index in [-0.39, 0.29) is 5.97 Å². The van der Waals surface area contributed by atoms with Gasteiger partial charge in [-0.3, -0.25) is 0 Å². The molecule has 0 saturated carbocycles. The molecule has 2 aromatic rings. The molecule has 0 spiro atoms. The average Bonchev–Trinajstić information content (AvgIpc) is 2.70. The molecule has 0 aliphatic heterocycles. The summed E-state index contributed by atoms with van der Waals surface area (Å²) in [6.07, 6.45) is 5.29. The zero-order valence-corrected chi connectivity index (χ0v) is 16.5. The van der Waals surface area contributed by atoms with Crippen LogP contribution in [0.4, 0.5) is 0 Å². The van der Waals surface area contributed by atoms with E-state index in [0.717, 1.165) is 41.5 Å². The monoisotopic (exact) mass is 360 g/mol. The molecule has 0 bridgehead atoms. The number of unbranched alkanes of at least 4 members (excludes halogenated alkanes) is 3. The van der Waals surface area contributed by atoms with Gasteiger partial charge in [-0.15, -0.1) is 0 Å². The number of rotatable bonds is 7. The Bertz CT molecular complexity index is 818. The van der Waals surface area contributed by atoms with Crippen molar-refractivity contribution in [3.63, 3.8) is 0 Å². The van der Waals surface area contributed by atoms with Gasteiger partial charge in [0.1, 0.15) is 0 Å². The van der Waals surface area contributed by atoms with Crippen molar-refractivity contribution in [2.75, 3.05) is 7.11 Å². The second-order valence-corrected chi connectivity index (χ2v) is 6.64. The summed E-state index contributed by atoms with van der Waals surface area (Å²) in [5.74, 6) is 6.15. The van der Waals surface area contributed by atoms with E-state index < -0.39 is 0 Å². The summed E-state index contributed by atoms with van der Waals surface area (Å²) < 4.78 is 5.09. The predicted octanol–water partition coefficient (Wildman–Crippen LogP) is 5.94. The second-order valence-electron chi connectivity index (χ2n) is 6.64. The van der Waals surface area contributed by atoms with Gasteiger partial charge in [-0.25, -0.2) is 4.79 Å². The normalized spacial score (nSPS) is 11.2. The fraction of sp³-hybridized carbons (Fsp3) is 0.320. The van der Waals surface area contributed by atoms with Gasteiger partial charge in [0.2, 0.25) is 0 Å². The minimum absolute atomic E-state index is 0.327. The van der Waals surface area contributed by atoms with Crippen molar-refractivity contribution < 1.29 is 9.53 Å². The van der Waals surface area contributed by atoms with Gasteiger partial charge in [0.15, 0.2) is 0 Å². The zero-order chi connectivity index (χ0) is 19.5. The largest absolute Gasteiger partial charge is 0.465 e. The molecule has 0 aliphatic rings.